The molecule has 124 valence electrons. The van der Waals surface area contributed by atoms with Crippen LogP contribution < -0.4 is 10.7 Å². The summed E-state index contributed by atoms with van der Waals surface area (Å²) >= 11 is 2.17. The minimum absolute atomic E-state index is 0.120. The van der Waals surface area contributed by atoms with Gasteiger partial charge >= 0.3 is 0 Å². The molecule has 0 bridgehead atoms. The summed E-state index contributed by atoms with van der Waals surface area (Å²) in [4.78, 5) is 23.7. The quantitative estimate of drug-likeness (QED) is 0.413. The van der Waals surface area contributed by atoms with Crippen molar-refractivity contribution in [1.29, 1.82) is 0 Å². The molecule has 0 spiro atoms. The van der Waals surface area contributed by atoms with Crippen LogP contribution in [0.3, 0.4) is 0 Å². The van der Waals surface area contributed by atoms with Crippen LogP contribution in [0.25, 0.3) is 0 Å². The molecule has 1 saturated heterocycles. The monoisotopic (exact) mass is 429 g/mol. The predicted octanol–water partition coefficient (Wildman–Crippen LogP) is 2.08. The third-order valence-corrected chi connectivity index (χ3v) is 4.14. The van der Waals surface area contributed by atoms with E-state index in [2.05, 4.69) is 38.4 Å². The summed E-state index contributed by atoms with van der Waals surface area (Å²) < 4.78 is 6.50. The second-order valence-electron chi connectivity index (χ2n) is 5.41. The van der Waals surface area contributed by atoms with Crippen molar-refractivity contribution >= 4 is 40.1 Å². The average molecular weight is 429 g/mol. The van der Waals surface area contributed by atoms with Gasteiger partial charge in [0.2, 0.25) is 5.91 Å². The first-order valence-corrected chi connectivity index (χ1v) is 8.60. The van der Waals surface area contributed by atoms with Gasteiger partial charge in [0.1, 0.15) is 0 Å². The van der Waals surface area contributed by atoms with Crippen LogP contribution in [0.5, 0.6) is 0 Å². The summed E-state index contributed by atoms with van der Waals surface area (Å²) in [5.74, 6) is -0.411. The Kier molecular flexibility index (Phi) is 6.97. The zero-order valence-corrected chi connectivity index (χ0v) is 15.1. The number of carbonyl (C=O) groups excluding carboxylic acids is 2. The third-order valence-electron chi connectivity index (χ3n) is 3.42. The van der Waals surface area contributed by atoms with E-state index in [-0.39, 0.29) is 24.3 Å². The average Bonchev–Trinajstić information content (AvgIpc) is 3.05. The maximum absolute atomic E-state index is 11.9. The van der Waals surface area contributed by atoms with E-state index in [1.807, 2.05) is 12.1 Å². The number of rotatable bonds is 6. The lowest BCUT2D eigenvalue weighted by molar-refractivity contribution is -0.120. The standard InChI is InChI=1S/C16H20IN3O3/c1-11(9-15(21)18-10-14-3-2-8-23-14)19-20-16(22)12-4-6-13(17)7-5-12/h4-7,14H,2-3,8-10H2,1H3,(H,18,21)(H,20,22)/t14-/m1/s1. The molecule has 1 aromatic carbocycles. The summed E-state index contributed by atoms with van der Waals surface area (Å²) in [5, 5.41) is 6.79. The van der Waals surface area contributed by atoms with Crippen molar-refractivity contribution in [2.24, 2.45) is 5.10 Å². The molecule has 1 heterocycles. The molecule has 6 nitrogen and oxygen atoms in total. The fourth-order valence-corrected chi connectivity index (χ4v) is 2.54. The molecule has 7 heteroatoms. The molecule has 1 aliphatic rings. The van der Waals surface area contributed by atoms with Crippen LogP contribution in [-0.4, -0.2) is 36.8 Å². The van der Waals surface area contributed by atoms with Crippen molar-refractivity contribution in [2.45, 2.75) is 32.3 Å². The van der Waals surface area contributed by atoms with Gasteiger partial charge in [0, 0.05) is 28.0 Å². The number of nitrogens with zero attached hydrogens (tertiary/aromatic N) is 1. The van der Waals surface area contributed by atoms with Crippen LogP contribution in [-0.2, 0) is 9.53 Å². The molecule has 1 atom stereocenters. The molecule has 2 rings (SSSR count). The van der Waals surface area contributed by atoms with Gasteiger partial charge < -0.3 is 10.1 Å². The zero-order chi connectivity index (χ0) is 16.7. The van der Waals surface area contributed by atoms with E-state index in [0.29, 0.717) is 17.8 Å². The van der Waals surface area contributed by atoms with Crippen molar-refractivity contribution in [2.75, 3.05) is 13.2 Å². The molecule has 0 aromatic heterocycles. The number of hydrazone groups is 1. The van der Waals surface area contributed by atoms with Gasteiger partial charge in [0.15, 0.2) is 0 Å². The first-order valence-electron chi connectivity index (χ1n) is 7.52. The molecule has 1 aromatic rings. The smallest absolute Gasteiger partial charge is 0.271 e. The highest BCUT2D eigenvalue weighted by molar-refractivity contribution is 14.1. The van der Waals surface area contributed by atoms with E-state index in [0.717, 1.165) is 23.0 Å². The van der Waals surface area contributed by atoms with Crippen LogP contribution >= 0.6 is 22.6 Å². The van der Waals surface area contributed by atoms with Gasteiger partial charge in [0.05, 0.1) is 12.5 Å². The first-order chi connectivity index (χ1) is 11.0. The van der Waals surface area contributed by atoms with Crippen molar-refractivity contribution in [3.8, 4) is 0 Å². The van der Waals surface area contributed by atoms with Gasteiger partial charge in [0.25, 0.3) is 5.91 Å². The molecule has 2 N–H and O–H groups in total. The van der Waals surface area contributed by atoms with E-state index in [4.69, 9.17) is 4.74 Å². The van der Waals surface area contributed by atoms with E-state index >= 15 is 0 Å². The van der Waals surface area contributed by atoms with Crippen molar-refractivity contribution in [1.82, 2.24) is 10.7 Å². The minimum atomic E-state index is -0.291. The van der Waals surface area contributed by atoms with Gasteiger partial charge in [-0.1, -0.05) is 0 Å². The van der Waals surface area contributed by atoms with Crippen LogP contribution in [0.15, 0.2) is 29.4 Å². The number of benzene rings is 1. The maximum Gasteiger partial charge on any atom is 0.271 e. The molecule has 1 fully saturated rings. The fourth-order valence-electron chi connectivity index (χ4n) is 2.18. The lowest BCUT2D eigenvalue weighted by atomic mass is 10.2. The second-order valence-corrected chi connectivity index (χ2v) is 6.66. The summed E-state index contributed by atoms with van der Waals surface area (Å²) in [6.45, 7) is 3.01. The maximum atomic E-state index is 11.9. The topological polar surface area (TPSA) is 79.8 Å². The Morgan fingerprint density at radius 2 is 2.09 bits per heavy atom. The zero-order valence-electron chi connectivity index (χ0n) is 13.0. The molecule has 2 amide bonds. The van der Waals surface area contributed by atoms with Crippen molar-refractivity contribution in [3.63, 3.8) is 0 Å². The lowest BCUT2D eigenvalue weighted by Crippen LogP contribution is -2.33. The predicted molar refractivity (Wildman–Crippen MR) is 96.3 cm³/mol. The first kappa shape index (κ1) is 17.9. The number of amides is 2. The van der Waals surface area contributed by atoms with Crippen molar-refractivity contribution in [3.05, 3.63) is 33.4 Å². The van der Waals surface area contributed by atoms with Crippen LogP contribution in [0.4, 0.5) is 0 Å². The lowest BCUT2D eigenvalue weighted by Gasteiger charge is -2.10. The molecule has 0 saturated carbocycles. The number of hydrogen-bond acceptors (Lipinski definition) is 4. The van der Waals surface area contributed by atoms with E-state index in [9.17, 15) is 9.59 Å². The van der Waals surface area contributed by atoms with Crippen molar-refractivity contribution < 1.29 is 14.3 Å². The van der Waals surface area contributed by atoms with Gasteiger partial charge in [-0.3, -0.25) is 9.59 Å². The highest BCUT2D eigenvalue weighted by Gasteiger charge is 2.16. The van der Waals surface area contributed by atoms with Gasteiger partial charge in [-0.25, -0.2) is 5.43 Å². The van der Waals surface area contributed by atoms with Crippen LogP contribution in [0, 0.1) is 3.57 Å². The van der Waals surface area contributed by atoms with Gasteiger partial charge in [-0.15, -0.1) is 0 Å². The fraction of sp³-hybridized carbons (Fsp3) is 0.438. The van der Waals surface area contributed by atoms with E-state index in [1.165, 1.54) is 0 Å². The van der Waals surface area contributed by atoms with Gasteiger partial charge in [-0.05, 0) is 66.6 Å². The summed E-state index contributed by atoms with van der Waals surface area (Å²) in [6.07, 6.45) is 2.31. The van der Waals surface area contributed by atoms with Crippen LogP contribution in [0.1, 0.15) is 36.5 Å². The minimum Gasteiger partial charge on any atom is -0.376 e. The molecular weight excluding hydrogens is 409 g/mol. The Morgan fingerprint density at radius 1 is 1.35 bits per heavy atom. The molecule has 1 aliphatic heterocycles. The Balaban J connectivity index is 1.74. The molecule has 0 radical (unpaired) electrons. The van der Waals surface area contributed by atoms with E-state index < -0.39 is 0 Å². The molecule has 23 heavy (non-hydrogen) atoms. The molecular formula is C16H20IN3O3. The normalized spacial score (nSPS) is 17.8. The number of ether oxygens (including phenoxy) is 1. The summed E-state index contributed by atoms with van der Waals surface area (Å²) in [5.41, 5.74) is 3.54. The van der Waals surface area contributed by atoms with Gasteiger partial charge in [-0.2, -0.15) is 5.10 Å². The number of carbonyl (C=O) groups is 2. The number of halogens is 1. The molecule has 0 aliphatic carbocycles. The second kappa shape index (κ2) is 8.97. The summed E-state index contributed by atoms with van der Waals surface area (Å²) in [6, 6.07) is 7.17. The van der Waals surface area contributed by atoms with E-state index in [1.54, 1.807) is 19.1 Å². The SMILES string of the molecule is CC(CC(=O)NC[C@H]1CCCO1)=NNC(=O)c1ccc(I)cc1. The Labute approximate surface area is 149 Å². The van der Waals surface area contributed by atoms with Crippen LogP contribution in [0.2, 0.25) is 0 Å². The highest BCUT2D eigenvalue weighted by atomic mass is 127. The summed E-state index contributed by atoms with van der Waals surface area (Å²) in [7, 11) is 0. The number of hydrogen-bond donors (Lipinski definition) is 2. The Hall–Kier alpha value is -1.48. The third kappa shape index (κ3) is 6.26. The Morgan fingerprint density at radius 3 is 2.74 bits per heavy atom. The number of nitrogens with one attached hydrogen (secondary N) is 2. The molecule has 0 unspecified atom stereocenters. The Bertz CT molecular complexity index is 581. The highest BCUT2D eigenvalue weighted by Crippen LogP contribution is 2.10. The largest absolute Gasteiger partial charge is 0.376 e.